The summed E-state index contributed by atoms with van der Waals surface area (Å²) in [4.78, 5) is 48.8. The van der Waals surface area contributed by atoms with Crippen molar-refractivity contribution in [2.24, 2.45) is 0 Å². The molecule has 2 rings (SSSR count). The number of carbonyl (C=O) groups excluding carboxylic acids is 2. The first-order chi connectivity index (χ1) is 13.8. The first-order valence-electron chi connectivity index (χ1n) is 9.28. The molecular weight excluding hydrogens is 398 g/mol. The van der Waals surface area contributed by atoms with Gasteiger partial charge in [-0.2, -0.15) is 0 Å². The lowest BCUT2D eigenvalue weighted by Crippen LogP contribution is -2.53. The summed E-state index contributed by atoms with van der Waals surface area (Å²) in [6, 6.07) is 5.24. The molecule has 2 amide bonds. The predicted octanol–water partition coefficient (Wildman–Crippen LogP) is 0.928. The minimum absolute atomic E-state index is 0.142. The van der Waals surface area contributed by atoms with E-state index in [0.29, 0.717) is 30.8 Å². The van der Waals surface area contributed by atoms with E-state index < -0.39 is 36.5 Å². The summed E-state index contributed by atoms with van der Waals surface area (Å²) in [5, 5.41) is 24.3. The van der Waals surface area contributed by atoms with Crippen LogP contribution in [0.5, 0.6) is 0 Å². The molecule has 4 N–H and O–H groups in total. The average Bonchev–Trinajstić information content (AvgIpc) is 2.78. The smallest absolute Gasteiger partial charge is 0.323 e. The van der Waals surface area contributed by atoms with Gasteiger partial charge in [0.15, 0.2) is 0 Å². The Morgan fingerprint density at radius 3 is 2.62 bits per heavy atom. The van der Waals surface area contributed by atoms with E-state index in [1.807, 2.05) is 0 Å². The number of para-hydroxylation sites is 1. The molecule has 10 heteroatoms. The van der Waals surface area contributed by atoms with Crippen LogP contribution in [0.2, 0.25) is 0 Å². The maximum atomic E-state index is 13.0. The van der Waals surface area contributed by atoms with Crippen LogP contribution in [-0.2, 0) is 19.2 Å². The number of benzene rings is 1. The lowest BCUT2D eigenvalue weighted by atomic mass is 10.1. The Morgan fingerprint density at radius 1 is 1.24 bits per heavy atom. The van der Waals surface area contributed by atoms with Gasteiger partial charge in [0, 0.05) is 24.1 Å². The highest BCUT2D eigenvalue weighted by Crippen LogP contribution is 2.34. The first-order valence-corrected chi connectivity index (χ1v) is 10.3. The third-order valence-corrected chi connectivity index (χ3v) is 5.57. The topological polar surface area (TPSA) is 136 Å². The molecule has 0 aliphatic carbocycles. The standard InChI is InChI=1S/C19H25N3O6S/c1-12(23)20-9-5-4-6-13(19(27)28)21-14-11-29-16-8-3-2-7-15(16)22(18(14)26)10-17(24)25/h2-3,7-8,13-14,21H,4-6,9-11H2,1H3,(H,20,23)(H,24,25)(H,27,28)/t13-,14-/m0/s1. The largest absolute Gasteiger partial charge is 0.480 e. The number of amides is 2. The number of unbranched alkanes of at least 4 members (excludes halogenated alkanes) is 1. The Balaban J connectivity index is 2.07. The van der Waals surface area contributed by atoms with E-state index in [0.717, 1.165) is 4.90 Å². The van der Waals surface area contributed by atoms with E-state index in [4.69, 9.17) is 0 Å². The van der Waals surface area contributed by atoms with Crippen LogP contribution < -0.4 is 15.5 Å². The van der Waals surface area contributed by atoms with E-state index in [1.165, 1.54) is 23.6 Å². The molecule has 1 heterocycles. The summed E-state index contributed by atoms with van der Waals surface area (Å²) < 4.78 is 0. The summed E-state index contributed by atoms with van der Waals surface area (Å²) >= 11 is 1.38. The molecule has 158 valence electrons. The van der Waals surface area contributed by atoms with Crippen molar-refractivity contribution in [2.45, 2.75) is 43.2 Å². The number of carbonyl (C=O) groups is 4. The number of thioether (sulfide) groups is 1. The molecular formula is C19H25N3O6S. The number of hydrogen-bond acceptors (Lipinski definition) is 6. The van der Waals surface area contributed by atoms with Gasteiger partial charge < -0.3 is 15.5 Å². The van der Waals surface area contributed by atoms with Crippen LogP contribution in [0.4, 0.5) is 5.69 Å². The van der Waals surface area contributed by atoms with Crippen LogP contribution in [0.3, 0.4) is 0 Å². The Hall–Kier alpha value is -2.59. The second-order valence-electron chi connectivity index (χ2n) is 6.69. The molecule has 1 aliphatic rings. The van der Waals surface area contributed by atoms with Gasteiger partial charge in [-0.1, -0.05) is 12.1 Å². The Morgan fingerprint density at radius 2 is 1.97 bits per heavy atom. The number of rotatable bonds is 10. The number of carboxylic acids is 2. The van der Waals surface area contributed by atoms with E-state index in [2.05, 4.69) is 10.6 Å². The zero-order valence-electron chi connectivity index (χ0n) is 16.1. The molecule has 0 bridgehead atoms. The molecule has 1 aromatic carbocycles. The molecule has 1 aliphatic heterocycles. The highest BCUT2D eigenvalue weighted by atomic mass is 32.2. The van der Waals surface area contributed by atoms with Crippen LogP contribution in [0.15, 0.2) is 29.2 Å². The van der Waals surface area contributed by atoms with Crippen molar-refractivity contribution < 1.29 is 29.4 Å². The number of carboxylic acid groups (broad SMARTS) is 2. The normalized spacial score (nSPS) is 17.2. The van der Waals surface area contributed by atoms with Gasteiger partial charge in [-0.05, 0) is 31.4 Å². The number of hydrogen-bond donors (Lipinski definition) is 4. The van der Waals surface area contributed by atoms with Crippen LogP contribution in [-0.4, -0.2) is 64.9 Å². The summed E-state index contributed by atoms with van der Waals surface area (Å²) in [5.74, 6) is -2.53. The number of nitrogens with zero attached hydrogens (tertiary/aromatic N) is 1. The summed E-state index contributed by atoms with van der Waals surface area (Å²) in [6.07, 6.45) is 1.46. The van der Waals surface area contributed by atoms with Crippen molar-refractivity contribution in [1.29, 1.82) is 0 Å². The Labute approximate surface area is 172 Å². The van der Waals surface area contributed by atoms with Gasteiger partial charge in [-0.25, -0.2) is 0 Å². The van der Waals surface area contributed by atoms with Gasteiger partial charge in [0.25, 0.3) is 0 Å². The first kappa shape index (κ1) is 22.7. The van der Waals surface area contributed by atoms with Gasteiger partial charge in [0.05, 0.1) is 11.7 Å². The number of fused-ring (bicyclic) bond motifs is 1. The molecule has 0 radical (unpaired) electrons. The molecule has 9 nitrogen and oxygen atoms in total. The van der Waals surface area contributed by atoms with Crippen molar-refractivity contribution in [3.05, 3.63) is 24.3 Å². The molecule has 0 saturated carbocycles. The molecule has 1 aromatic rings. The second-order valence-corrected chi connectivity index (χ2v) is 7.75. The summed E-state index contributed by atoms with van der Waals surface area (Å²) in [6.45, 7) is 1.38. The number of nitrogens with one attached hydrogen (secondary N) is 2. The molecule has 0 spiro atoms. The van der Waals surface area contributed by atoms with E-state index in [1.54, 1.807) is 24.3 Å². The summed E-state index contributed by atoms with van der Waals surface area (Å²) in [7, 11) is 0. The number of anilines is 1. The Bertz CT molecular complexity index is 772. The third-order valence-electron chi connectivity index (χ3n) is 4.41. The summed E-state index contributed by atoms with van der Waals surface area (Å²) in [5.41, 5.74) is 0.511. The fourth-order valence-corrected chi connectivity index (χ4v) is 4.12. The fraction of sp³-hybridized carbons (Fsp3) is 0.474. The molecule has 0 fully saturated rings. The molecule has 0 aromatic heterocycles. The van der Waals surface area contributed by atoms with Gasteiger partial charge in [0.2, 0.25) is 11.8 Å². The van der Waals surface area contributed by atoms with Crippen LogP contribution in [0.25, 0.3) is 0 Å². The van der Waals surface area contributed by atoms with Crippen LogP contribution >= 0.6 is 11.8 Å². The monoisotopic (exact) mass is 423 g/mol. The molecule has 29 heavy (non-hydrogen) atoms. The average molecular weight is 423 g/mol. The van der Waals surface area contributed by atoms with Crippen molar-refractivity contribution in [1.82, 2.24) is 10.6 Å². The lowest BCUT2D eigenvalue weighted by Gasteiger charge is -2.26. The highest BCUT2D eigenvalue weighted by molar-refractivity contribution is 7.99. The lowest BCUT2D eigenvalue weighted by molar-refractivity contribution is -0.140. The van der Waals surface area contributed by atoms with Gasteiger partial charge in [-0.15, -0.1) is 11.8 Å². The minimum atomic E-state index is -1.15. The van der Waals surface area contributed by atoms with E-state index in [-0.39, 0.29) is 12.3 Å². The third kappa shape index (κ3) is 6.75. The quantitative estimate of drug-likeness (QED) is 0.408. The van der Waals surface area contributed by atoms with Crippen molar-refractivity contribution in [2.75, 3.05) is 23.7 Å². The van der Waals surface area contributed by atoms with Crippen LogP contribution in [0.1, 0.15) is 26.2 Å². The molecule has 2 atom stereocenters. The van der Waals surface area contributed by atoms with Gasteiger partial charge in [-0.3, -0.25) is 29.4 Å². The van der Waals surface area contributed by atoms with Gasteiger partial charge >= 0.3 is 11.9 Å². The van der Waals surface area contributed by atoms with Crippen molar-refractivity contribution >= 4 is 41.2 Å². The van der Waals surface area contributed by atoms with E-state index in [9.17, 15) is 29.4 Å². The van der Waals surface area contributed by atoms with Crippen LogP contribution in [0, 0.1) is 0 Å². The SMILES string of the molecule is CC(=O)NCCCC[C@H](N[C@H]1CSc2ccccc2N(CC(=O)O)C1=O)C(=O)O. The highest BCUT2D eigenvalue weighted by Gasteiger charge is 2.34. The fourth-order valence-electron chi connectivity index (χ4n) is 3.03. The zero-order chi connectivity index (χ0) is 21.4. The number of aliphatic carboxylic acids is 2. The maximum absolute atomic E-state index is 13.0. The van der Waals surface area contributed by atoms with Crippen molar-refractivity contribution in [3.63, 3.8) is 0 Å². The van der Waals surface area contributed by atoms with Crippen molar-refractivity contribution in [3.8, 4) is 0 Å². The minimum Gasteiger partial charge on any atom is -0.480 e. The Kier molecular flexibility index (Phi) is 8.47. The second kappa shape index (κ2) is 10.8. The molecule has 0 unspecified atom stereocenters. The maximum Gasteiger partial charge on any atom is 0.323 e. The predicted molar refractivity (Wildman–Crippen MR) is 108 cm³/mol. The van der Waals surface area contributed by atoms with E-state index >= 15 is 0 Å². The zero-order valence-corrected chi connectivity index (χ0v) is 16.9. The molecule has 0 saturated heterocycles. The van der Waals surface area contributed by atoms with Gasteiger partial charge in [0.1, 0.15) is 12.6 Å².